The molecule has 0 bridgehead atoms. The van der Waals surface area contributed by atoms with Crippen LogP contribution in [0.5, 0.6) is 0 Å². The Hall–Kier alpha value is -6.97. The second-order valence-electron chi connectivity index (χ2n) is 12.2. The fourth-order valence-electron chi connectivity index (χ4n) is 7.55. The van der Waals surface area contributed by atoms with Gasteiger partial charge >= 0.3 is 0 Å². The third-order valence-electron chi connectivity index (χ3n) is 9.66. The molecule has 0 radical (unpaired) electrons. The number of hydrogen-bond donors (Lipinski definition) is 0. The van der Waals surface area contributed by atoms with Crippen LogP contribution in [-0.4, -0.2) is 12.6 Å². The maximum Gasteiger partial charge on any atom is 0.180 e. The first kappa shape index (κ1) is 30.4. The summed E-state index contributed by atoms with van der Waals surface area (Å²) < 4.78 is 2.18. The molecule has 0 spiro atoms. The van der Waals surface area contributed by atoms with Crippen molar-refractivity contribution in [2.24, 2.45) is 0 Å². The van der Waals surface area contributed by atoms with Crippen molar-refractivity contribution < 1.29 is 0 Å². The number of fused-ring (bicyclic) bond motifs is 3. The highest BCUT2D eigenvalue weighted by molar-refractivity contribution is 7.20. The van der Waals surface area contributed by atoms with Crippen LogP contribution >= 0.6 is 0 Å². The molecule has 0 aliphatic heterocycles. The van der Waals surface area contributed by atoms with Crippen molar-refractivity contribution in [3.05, 3.63) is 187 Å². The molecule has 4 nitrogen and oxygen atoms in total. The van der Waals surface area contributed by atoms with Gasteiger partial charge in [-0.1, -0.05) is 133 Å². The fraction of sp³-hybridized carbons (Fsp3) is 0. The van der Waals surface area contributed by atoms with Crippen LogP contribution in [0, 0.1) is 34.0 Å². The van der Waals surface area contributed by atoms with Crippen LogP contribution in [0.4, 0.5) is 0 Å². The molecule has 0 aliphatic carbocycles. The minimum absolute atomic E-state index is 0.306. The van der Waals surface area contributed by atoms with Gasteiger partial charge in [-0.3, -0.25) is 0 Å². The molecule has 232 valence electrons. The SMILES string of the molecule is N#Cc1ccc2c(c1)c1ccccc1n2-c1cc(C#N)c(C#N)cc1-c1ccccc1[Si](c1ccccc1)(c1ccccc1)c1ccccc1. The summed E-state index contributed by atoms with van der Waals surface area (Å²) in [5.74, 6) is 0. The minimum Gasteiger partial charge on any atom is -0.309 e. The summed E-state index contributed by atoms with van der Waals surface area (Å²) in [7, 11) is -3.00. The van der Waals surface area contributed by atoms with E-state index in [9.17, 15) is 15.8 Å². The molecule has 0 aliphatic rings. The van der Waals surface area contributed by atoms with Gasteiger partial charge in [0.25, 0.3) is 0 Å². The molecule has 0 saturated heterocycles. The van der Waals surface area contributed by atoms with E-state index < -0.39 is 8.07 Å². The van der Waals surface area contributed by atoms with E-state index in [1.165, 1.54) is 20.7 Å². The summed E-state index contributed by atoms with van der Waals surface area (Å²) in [6, 6.07) is 65.3. The van der Waals surface area contributed by atoms with Crippen LogP contribution in [0.25, 0.3) is 38.6 Å². The molecule has 0 unspecified atom stereocenters. The Labute approximate surface area is 291 Å². The van der Waals surface area contributed by atoms with Crippen molar-refractivity contribution in [1.82, 2.24) is 4.57 Å². The average molecular weight is 653 g/mol. The van der Waals surface area contributed by atoms with Crippen molar-refractivity contribution in [2.45, 2.75) is 0 Å². The van der Waals surface area contributed by atoms with Gasteiger partial charge in [0, 0.05) is 16.3 Å². The van der Waals surface area contributed by atoms with E-state index in [2.05, 4.69) is 150 Å². The number of benzene rings is 7. The smallest absolute Gasteiger partial charge is 0.180 e. The van der Waals surface area contributed by atoms with Crippen molar-refractivity contribution in [2.75, 3.05) is 0 Å². The Morgan fingerprint density at radius 1 is 0.420 bits per heavy atom. The van der Waals surface area contributed by atoms with Gasteiger partial charge in [-0.2, -0.15) is 15.8 Å². The van der Waals surface area contributed by atoms with Crippen molar-refractivity contribution in [1.29, 1.82) is 15.8 Å². The van der Waals surface area contributed by atoms with Gasteiger partial charge < -0.3 is 4.57 Å². The molecule has 50 heavy (non-hydrogen) atoms. The van der Waals surface area contributed by atoms with Gasteiger partial charge in [-0.25, -0.2) is 0 Å². The summed E-state index contributed by atoms with van der Waals surface area (Å²) in [6.45, 7) is 0. The summed E-state index contributed by atoms with van der Waals surface area (Å²) in [5, 5.41) is 37.3. The van der Waals surface area contributed by atoms with Crippen molar-refractivity contribution >= 4 is 50.6 Å². The third kappa shape index (κ3) is 4.72. The summed E-state index contributed by atoms with van der Waals surface area (Å²) in [6.07, 6.45) is 0. The van der Waals surface area contributed by atoms with E-state index in [0.29, 0.717) is 16.7 Å². The van der Waals surface area contributed by atoms with Gasteiger partial charge in [0.05, 0.1) is 39.5 Å². The van der Waals surface area contributed by atoms with Crippen molar-refractivity contribution in [3.8, 4) is 35.0 Å². The molecule has 8 rings (SSSR count). The van der Waals surface area contributed by atoms with Crippen LogP contribution in [-0.2, 0) is 0 Å². The number of rotatable bonds is 6. The molecule has 0 fully saturated rings. The number of aromatic nitrogens is 1. The summed E-state index contributed by atoms with van der Waals surface area (Å²) in [4.78, 5) is 0. The molecular weight excluding hydrogens is 625 g/mol. The van der Waals surface area contributed by atoms with Gasteiger partial charge in [-0.05, 0) is 62.7 Å². The summed E-state index contributed by atoms with van der Waals surface area (Å²) in [5.41, 5.74) is 5.70. The lowest BCUT2D eigenvalue weighted by atomic mass is 9.97. The molecule has 5 heteroatoms. The maximum atomic E-state index is 10.4. The topological polar surface area (TPSA) is 76.3 Å². The van der Waals surface area contributed by atoms with E-state index in [1.54, 1.807) is 0 Å². The van der Waals surface area contributed by atoms with Gasteiger partial charge in [-0.15, -0.1) is 0 Å². The fourth-order valence-corrected chi connectivity index (χ4v) is 12.5. The highest BCUT2D eigenvalue weighted by Crippen LogP contribution is 2.38. The first-order valence-corrected chi connectivity index (χ1v) is 18.4. The molecule has 1 aromatic heterocycles. The lowest BCUT2D eigenvalue weighted by Gasteiger charge is -2.36. The Kier molecular flexibility index (Phi) is 7.63. The first-order valence-electron chi connectivity index (χ1n) is 16.4. The van der Waals surface area contributed by atoms with E-state index in [4.69, 9.17) is 0 Å². The highest BCUT2D eigenvalue weighted by atomic mass is 28.3. The average Bonchev–Trinajstić information content (AvgIpc) is 3.52. The third-order valence-corrected chi connectivity index (χ3v) is 14.5. The lowest BCUT2D eigenvalue weighted by Crippen LogP contribution is -2.75. The second-order valence-corrected chi connectivity index (χ2v) is 16.0. The predicted octanol–water partition coefficient (Wildman–Crippen LogP) is 7.44. The highest BCUT2D eigenvalue weighted by Gasteiger charge is 2.43. The number of nitrogens with zero attached hydrogens (tertiary/aromatic N) is 4. The normalized spacial score (nSPS) is 11.1. The molecule has 8 aromatic rings. The van der Waals surface area contributed by atoms with Gasteiger partial charge in [0.15, 0.2) is 8.07 Å². The molecule has 0 N–H and O–H groups in total. The molecule has 0 amide bonds. The Morgan fingerprint density at radius 2 is 0.940 bits per heavy atom. The number of para-hydroxylation sites is 1. The zero-order valence-corrected chi connectivity index (χ0v) is 28.0. The van der Waals surface area contributed by atoms with E-state index >= 15 is 0 Å². The van der Waals surface area contributed by atoms with E-state index in [1.807, 2.05) is 42.5 Å². The Bertz CT molecular complexity index is 2580. The molecule has 7 aromatic carbocycles. The van der Waals surface area contributed by atoms with Crippen LogP contribution in [0.1, 0.15) is 16.7 Å². The number of hydrogen-bond acceptors (Lipinski definition) is 3. The Balaban J connectivity index is 1.55. The standard InChI is InChI=1S/C45H28N4Si/c46-29-32-24-25-43-40(26-32)38-20-10-12-22-42(38)49(43)44-28-34(31-48)33(30-47)27-41(44)39-21-11-13-23-45(39)50(35-14-4-1-5-15-35,36-16-6-2-7-17-36)37-18-8-3-9-19-37/h1-28H. The van der Waals surface area contributed by atoms with Gasteiger partial charge in [0.2, 0.25) is 0 Å². The predicted molar refractivity (Wildman–Crippen MR) is 204 cm³/mol. The zero-order chi connectivity index (χ0) is 34.1. The Morgan fingerprint density at radius 3 is 1.54 bits per heavy atom. The molecular formula is C45H28N4Si. The molecule has 1 heterocycles. The maximum absolute atomic E-state index is 10.4. The summed E-state index contributed by atoms with van der Waals surface area (Å²) >= 11 is 0. The van der Waals surface area contributed by atoms with E-state index in [0.717, 1.165) is 38.6 Å². The largest absolute Gasteiger partial charge is 0.309 e. The monoisotopic (exact) mass is 652 g/mol. The molecule has 0 atom stereocenters. The van der Waals surface area contributed by atoms with Crippen LogP contribution in [0.3, 0.4) is 0 Å². The first-order chi connectivity index (χ1) is 24.7. The lowest BCUT2D eigenvalue weighted by molar-refractivity contribution is 1.18. The van der Waals surface area contributed by atoms with Crippen molar-refractivity contribution in [3.63, 3.8) is 0 Å². The molecule has 0 saturated carbocycles. The van der Waals surface area contributed by atoms with Crippen LogP contribution in [0.2, 0.25) is 0 Å². The minimum atomic E-state index is -3.00. The van der Waals surface area contributed by atoms with Crippen LogP contribution < -0.4 is 20.7 Å². The second kappa shape index (κ2) is 12.6. The van der Waals surface area contributed by atoms with Crippen LogP contribution in [0.15, 0.2) is 170 Å². The number of nitriles is 3. The quantitative estimate of drug-likeness (QED) is 0.138. The zero-order valence-electron chi connectivity index (χ0n) is 27.0. The van der Waals surface area contributed by atoms with E-state index in [-0.39, 0.29) is 0 Å². The van der Waals surface area contributed by atoms with Gasteiger partial charge in [0.1, 0.15) is 12.1 Å².